The lowest BCUT2D eigenvalue weighted by Crippen LogP contribution is -2.49. The molecular weight excluding hydrogens is 308 g/mol. The summed E-state index contributed by atoms with van der Waals surface area (Å²) in [6, 6.07) is 8.69. The number of carbonyl (C=O) groups is 2. The normalized spacial score (nSPS) is 18.5. The maximum absolute atomic E-state index is 12.7. The Morgan fingerprint density at radius 1 is 1.46 bits per heavy atom. The Morgan fingerprint density at radius 3 is 2.96 bits per heavy atom. The van der Waals surface area contributed by atoms with E-state index in [1.165, 1.54) is 0 Å². The molecular formula is C18H22N2O4. The summed E-state index contributed by atoms with van der Waals surface area (Å²) in [6.45, 7) is 2.32. The molecule has 1 fully saturated rings. The Hall–Kier alpha value is -2.55. The topological polar surface area (TPSA) is 90.6 Å². The van der Waals surface area contributed by atoms with Crippen molar-refractivity contribution < 1.29 is 19.4 Å². The summed E-state index contributed by atoms with van der Waals surface area (Å²) in [4.78, 5) is 25.3. The van der Waals surface area contributed by atoms with Crippen molar-refractivity contribution in [3.8, 4) is 11.8 Å². The van der Waals surface area contributed by atoms with Crippen molar-refractivity contribution in [2.24, 2.45) is 0 Å². The molecule has 0 aliphatic carbocycles. The smallest absolute Gasteiger partial charge is 0.303 e. The van der Waals surface area contributed by atoms with Gasteiger partial charge in [0.15, 0.2) is 6.10 Å². The third-order valence-corrected chi connectivity index (χ3v) is 4.23. The second-order valence-electron chi connectivity index (χ2n) is 6.01. The number of amides is 1. The molecule has 1 heterocycles. The van der Waals surface area contributed by atoms with Crippen LogP contribution in [0, 0.1) is 11.3 Å². The summed E-state index contributed by atoms with van der Waals surface area (Å²) in [5.74, 6) is -0.493. The van der Waals surface area contributed by atoms with Crippen molar-refractivity contribution in [2.75, 3.05) is 6.54 Å². The molecule has 2 unspecified atom stereocenters. The highest BCUT2D eigenvalue weighted by Crippen LogP contribution is 2.23. The van der Waals surface area contributed by atoms with E-state index in [4.69, 9.17) is 15.1 Å². The monoisotopic (exact) mass is 330 g/mol. The van der Waals surface area contributed by atoms with E-state index in [9.17, 15) is 9.59 Å². The van der Waals surface area contributed by atoms with Crippen LogP contribution in [0.3, 0.4) is 0 Å². The van der Waals surface area contributed by atoms with Crippen LogP contribution in [0.1, 0.15) is 44.6 Å². The first-order valence-electron chi connectivity index (χ1n) is 8.20. The standard InChI is InChI=1S/C18H22N2O4/c1-13(24-16-7-4-5-14(11-16)12-19)18(23)20-10-3-2-6-15(20)8-9-17(21)22/h4-5,7,11,13,15H,2-3,6,8-10H2,1H3,(H,21,22). The van der Waals surface area contributed by atoms with Crippen LogP contribution in [-0.4, -0.2) is 40.6 Å². The molecule has 1 aliphatic rings. The second kappa shape index (κ2) is 8.34. The first-order chi connectivity index (χ1) is 11.5. The highest BCUT2D eigenvalue weighted by atomic mass is 16.5. The number of carboxylic acid groups (broad SMARTS) is 1. The molecule has 2 rings (SSSR count). The molecule has 24 heavy (non-hydrogen) atoms. The molecule has 1 amide bonds. The Balaban J connectivity index is 2.01. The van der Waals surface area contributed by atoms with Crippen LogP contribution in [0.25, 0.3) is 0 Å². The van der Waals surface area contributed by atoms with Gasteiger partial charge < -0.3 is 14.7 Å². The van der Waals surface area contributed by atoms with Gasteiger partial charge in [0, 0.05) is 19.0 Å². The minimum atomic E-state index is -0.842. The number of rotatable bonds is 6. The van der Waals surface area contributed by atoms with Crippen LogP contribution in [0.4, 0.5) is 0 Å². The summed E-state index contributed by atoms with van der Waals surface area (Å²) in [7, 11) is 0. The van der Waals surface area contributed by atoms with Gasteiger partial charge in [-0.05, 0) is 50.8 Å². The van der Waals surface area contributed by atoms with Crippen molar-refractivity contribution >= 4 is 11.9 Å². The lowest BCUT2D eigenvalue weighted by molar-refractivity contribution is -0.144. The molecule has 0 saturated carbocycles. The molecule has 0 aromatic heterocycles. The predicted molar refractivity (Wildman–Crippen MR) is 87.5 cm³/mol. The zero-order chi connectivity index (χ0) is 17.5. The molecule has 1 N–H and O–H groups in total. The fraction of sp³-hybridized carbons (Fsp3) is 0.500. The highest BCUT2D eigenvalue weighted by molar-refractivity contribution is 5.81. The number of ether oxygens (including phenoxy) is 1. The maximum Gasteiger partial charge on any atom is 0.303 e. The summed E-state index contributed by atoms with van der Waals surface area (Å²) in [6.07, 6.45) is 2.62. The van der Waals surface area contributed by atoms with E-state index < -0.39 is 12.1 Å². The molecule has 0 bridgehead atoms. The molecule has 6 heteroatoms. The first kappa shape index (κ1) is 17.8. The Bertz CT molecular complexity index is 638. The lowest BCUT2D eigenvalue weighted by Gasteiger charge is -2.37. The number of carboxylic acids is 1. The van der Waals surface area contributed by atoms with Crippen LogP contribution >= 0.6 is 0 Å². The van der Waals surface area contributed by atoms with Gasteiger partial charge in [-0.3, -0.25) is 9.59 Å². The Kier molecular flexibility index (Phi) is 6.19. The summed E-state index contributed by atoms with van der Waals surface area (Å²) >= 11 is 0. The first-order valence-corrected chi connectivity index (χ1v) is 8.20. The van der Waals surface area contributed by atoms with Gasteiger partial charge in [-0.25, -0.2) is 0 Å². The van der Waals surface area contributed by atoms with Crippen LogP contribution in [0.2, 0.25) is 0 Å². The average molecular weight is 330 g/mol. The van der Waals surface area contributed by atoms with Gasteiger partial charge in [0.25, 0.3) is 5.91 Å². The van der Waals surface area contributed by atoms with E-state index in [2.05, 4.69) is 0 Å². The molecule has 0 radical (unpaired) electrons. The van der Waals surface area contributed by atoms with Gasteiger partial charge in [0.05, 0.1) is 11.6 Å². The highest BCUT2D eigenvalue weighted by Gasteiger charge is 2.30. The average Bonchev–Trinajstić information content (AvgIpc) is 2.59. The van der Waals surface area contributed by atoms with Crippen molar-refractivity contribution in [1.29, 1.82) is 5.26 Å². The third-order valence-electron chi connectivity index (χ3n) is 4.23. The van der Waals surface area contributed by atoms with Gasteiger partial charge in [0.1, 0.15) is 5.75 Å². The summed E-state index contributed by atoms with van der Waals surface area (Å²) in [5, 5.41) is 17.8. The molecule has 1 saturated heterocycles. The van der Waals surface area contributed by atoms with Gasteiger partial charge in [-0.15, -0.1) is 0 Å². The van der Waals surface area contributed by atoms with Gasteiger partial charge in [0.2, 0.25) is 0 Å². The number of likely N-dealkylation sites (tertiary alicyclic amines) is 1. The largest absolute Gasteiger partial charge is 0.481 e. The molecule has 1 aromatic rings. The third kappa shape index (κ3) is 4.72. The van der Waals surface area contributed by atoms with Crippen molar-refractivity contribution in [3.05, 3.63) is 29.8 Å². The zero-order valence-electron chi connectivity index (χ0n) is 13.8. The number of hydrogen-bond acceptors (Lipinski definition) is 4. The molecule has 1 aliphatic heterocycles. The fourth-order valence-corrected chi connectivity index (χ4v) is 3.01. The molecule has 0 spiro atoms. The van der Waals surface area contributed by atoms with E-state index in [0.29, 0.717) is 24.3 Å². The predicted octanol–water partition coefficient (Wildman–Crippen LogP) is 2.57. The summed E-state index contributed by atoms with van der Waals surface area (Å²) in [5.41, 5.74) is 0.476. The van der Waals surface area contributed by atoms with Crippen molar-refractivity contribution in [1.82, 2.24) is 4.90 Å². The number of nitrogens with zero attached hydrogens (tertiary/aromatic N) is 2. The molecule has 2 atom stereocenters. The minimum Gasteiger partial charge on any atom is -0.481 e. The summed E-state index contributed by atoms with van der Waals surface area (Å²) < 4.78 is 5.69. The minimum absolute atomic E-state index is 0.0427. The van der Waals surface area contributed by atoms with E-state index in [1.54, 1.807) is 36.1 Å². The van der Waals surface area contributed by atoms with Gasteiger partial charge in [-0.2, -0.15) is 5.26 Å². The Labute approximate surface area is 141 Å². The maximum atomic E-state index is 12.7. The van der Waals surface area contributed by atoms with Crippen LogP contribution in [-0.2, 0) is 9.59 Å². The van der Waals surface area contributed by atoms with E-state index in [1.807, 2.05) is 6.07 Å². The molecule has 6 nitrogen and oxygen atoms in total. The molecule has 1 aromatic carbocycles. The van der Waals surface area contributed by atoms with E-state index >= 15 is 0 Å². The lowest BCUT2D eigenvalue weighted by atomic mass is 9.97. The zero-order valence-corrected chi connectivity index (χ0v) is 13.8. The SMILES string of the molecule is CC(Oc1cccc(C#N)c1)C(=O)N1CCCCC1CCC(=O)O. The van der Waals surface area contributed by atoms with Crippen molar-refractivity contribution in [2.45, 2.75) is 51.2 Å². The van der Waals surface area contributed by atoms with E-state index in [0.717, 1.165) is 19.3 Å². The number of carbonyl (C=O) groups excluding carboxylic acids is 1. The second-order valence-corrected chi connectivity index (χ2v) is 6.01. The number of nitriles is 1. The van der Waals surface area contributed by atoms with Gasteiger partial charge >= 0.3 is 5.97 Å². The van der Waals surface area contributed by atoms with Crippen LogP contribution in [0.5, 0.6) is 5.75 Å². The van der Waals surface area contributed by atoms with Crippen LogP contribution < -0.4 is 4.74 Å². The van der Waals surface area contributed by atoms with Crippen LogP contribution in [0.15, 0.2) is 24.3 Å². The number of aliphatic carboxylic acids is 1. The fourth-order valence-electron chi connectivity index (χ4n) is 3.01. The Morgan fingerprint density at radius 2 is 2.25 bits per heavy atom. The van der Waals surface area contributed by atoms with E-state index in [-0.39, 0.29) is 18.4 Å². The van der Waals surface area contributed by atoms with Crippen molar-refractivity contribution in [3.63, 3.8) is 0 Å². The van der Waals surface area contributed by atoms with Gasteiger partial charge in [-0.1, -0.05) is 6.07 Å². The molecule has 128 valence electrons. The number of hydrogen-bond donors (Lipinski definition) is 1. The number of piperidine rings is 1. The quantitative estimate of drug-likeness (QED) is 0.865. The number of benzene rings is 1.